The number of carbonyl (C=O) groups is 1. The number of nitrogens with zero attached hydrogens (tertiary/aromatic N) is 5. The van der Waals surface area contributed by atoms with E-state index in [2.05, 4.69) is 9.97 Å². The van der Waals surface area contributed by atoms with Crippen LogP contribution >= 0.6 is 22.9 Å². The van der Waals surface area contributed by atoms with Gasteiger partial charge >= 0.3 is 0 Å². The predicted molar refractivity (Wildman–Crippen MR) is 119 cm³/mol. The highest BCUT2D eigenvalue weighted by atomic mass is 35.5. The number of non-ortho nitro benzene ring substituents is 2. The van der Waals surface area contributed by atoms with Gasteiger partial charge in [0.25, 0.3) is 17.3 Å². The smallest absolute Gasteiger partial charge is 0.277 e. The van der Waals surface area contributed by atoms with E-state index in [0.29, 0.717) is 16.2 Å². The van der Waals surface area contributed by atoms with Crippen LogP contribution in [0.2, 0.25) is 5.02 Å². The number of thiazole rings is 1. The largest absolute Gasteiger partial charge is 0.278 e. The molecule has 32 heavy (non-hydrogen) atoms. The first kappa shape index (κ1) is 21.3. The minimum Gasteiger partial charge on any atom is -0.278 e. The number of benzene rings is 2. The van der Waals surface area contributed by atoms with E-state index in [-0.39, 0.29) is 17.2 Å². The fourth-order valence-corrected chi connectivity index (χ4v) is 4.25. The molecule has 2 heterocycles. The maximum atomic E-state index is 13.4. The fraction of sp³-hybridized carbons (Fsp3) is 0.0500. The van der Waals surface area contributed by atoms with Gasteiger partial charge in [-0.25, -0.2) is 4.98 Å². The van der Waals surface area contributed by atoms with E-state index in [0.717, 1.165) is 22.9 Å². The summed E-state index contributed by atoms with van der Waals surface area (Å²) in [4.78, 5) is 44.4. The number of rotatable bonds is 6. The SMILES string of the molecule is O=C(c1cc([N+](=O)[O-])cc([N+](=O)[O-])c1)N(Cc1ccccn1)c1nc2c(Cl)cccc2s1. The third-order valence-corrected chi connectivity index (χ3v) is 5.80. The Morgan fingerprint density at radius 1 is 1.03 bits per heavy atom. The molecule has 0 aliphatic rings. The normalized spacial score (nSPS) is 10.8. The van der Waals surface area contributed by atoms with Crippen molar-refractivity contribution in [1.29, 1.82) is 0 Å². The quantitative estimate of drug-likeness (QED) is 0.286. The molecule has 4 aromatic rings. The van der Waals surface area contributed by atoms with Gasteiger partial charge in [0.15, 0.2) is 5.13 Å². The molecule has 0 saturated carbocycles. The van der Waals surface area contributed by atoms with Crippen LogP contribution in [0.5, 0.6) is 0 Å². The number of nitro benzene ring substituents is 2. The van der Waals surface area contributed by atoms with Gasteiger partial charge in [-0.1, -0.05) is 35.1 Å². The maximum absolute atomic E-state index is 13.4. The lowest BCUT2D eigenvalue weighted by atomic mass is 10.1. The summed E-state index contributed by atoms with van der Waals surface area (Å²) >= 11 is 7.42. The van der Waals surface area contributed by atoms with Gasteiger partial charge in [-0.3, -0.25) is 34.9 Å². The van der Waals surface area contributed by atoms with Gasteiger partial charge in [0.1, 0.15) is 5.52 Å². The second-order valence-corrected chi connectivity index (χ2v) is 7.96. The number of hydrogen-bond acceptors (Lipinski definition) is 8. The van der Waals surface area contributed by atoms with Crippen LogP contribution in [0.3, 0.4) is 0 Å². The van der Waals surface area contributed by atoms with E-state index < -0.39 is 27.1 Å². The van der Waals surface area contributed by atoms with Gasteiger partial charge in [0.05, 0.1) is 43.4 Å². The average Bonchev–Trinajstić information content (AvgIpc) is 3.23. The number of aromatic nitrogens is 2. The Morgan fingerprint density at radius 2 is 1.75 bits per heavy atom. The lowest BCUT2D eigenvalue weighted by molar-refractivity contribution is -0.394. The molecule has 160 valence electrons. The molecular formula is C20H12ClN5O5S. The number of amides is 1. The van der Waals surface area contributed by atoms with Crippen LogP contribution in [0.15, 0.2) is 60.8 Å². The fourth-order valence-electron chi connectivity index (χ4n) is 2.98. The molecule has 4 rings (SSSR count). The van der Waals surface area contributed by atoms with Crippen LogP contribution in [0.4, 0.5) is 16.5 Å². The lowest BCUT2D eigenvalue weighted by Gasteiger charge is -2.19. The standard InChI is InChI=1S/C20H12ClN5O5S/c21-16-5-3-6-17-18(16)23-20(32-17)24(11-13-4-1-2-7-22-13)19(27)12-8-14(25(28)29)10-15(9-12)26(30)31/h1-10H,11H2. The Kier molecular flexibility index (Phi) is 5.75. The lowest BCUT2D eigenvalue weighted by Crippen LogP contribution is -2.30. The summed E-state index contributed by atoms with van der Waals surface area (Å²) in [5.41, 5.74) is -0.309. The van der Waals surface area contributed by atoms with Crippen LogP contribution in [0.25, 0.3) is 10.2 Å². The Labute approximate surface area is 189 Å². The van der Waals surface area contributed by atoms with Crippen molar-refractivity contribution in [3.8, 4) is 0 Å². The Hall–Kier alpha value is -3.96. The number of halogens is 1. The molecule has 0 N–H and O–H groups in total. The molecule has 10 nitrogen and oxygen atoms in total. The minimum absolute atomic E-state index is 0.00635. The van der Waals surface area contributed by atoms with Crippen molar-refractivity contribution in [2.75, 3.05) is 4.90 Å². The van der Waals surface area contributed by atoms with Crippen molar-refractivity contribution < 1.29 is 14.6 Å². The van der Waals surface area contributed by atoms with Gasteiger partial charge in [0, 0.05) is 18.3 Å². The summed E-state index contributed by atoms with van der Waals surface area (Å²) in [5, 5.41) is 23.2. The minimum atomic E-state index is -0.787. The van der Waals surface area contributed by atoms with Gasteiger partial charge in [0.2, 0.25) is 0 Å². The van der Waals surface area contributed by atoms with Gasteiger partial charge in [-0.2, -0.15) is 0 Å². The van der Waals surface area contributed by atoms with E-state index in [1.54, 1.807) is 42.6 Å². The molecular weight excluding hydrogens is 458 g/mol. The molecule has 2 aromatic carbocycles. The Bertz CT molecular complexity index is 1330. The summed E-state index contributed by atoms with van der Waals surface area (Å²) in [6.07, 6.45) is 1.56. The molecule has 0 spiro atoms. The molecule has 1 amide bonds. The highest BCUT2D eigenvalue weighted by Gasteiger charge is 2.27. The van der Waals surface area contributed by atoms with Gasteiger partial charge in [-0.15, -0.1) is 0 Å². The molecule has 0 radical (unpaired) electrons. The van der Waals surface area contributed by atoms with E-state index in [9.17, 15) is 25.0 Å². The van der Waals surface area contributed by atoms with E-state index >= 15 is 0 Å². The summed E-state index contributed by atoms with van der Waals surface area (Å²) in [7, 11) is 0. The van der Waals surface area contributed by atoms with Gasteiger partial charge in [-0.05, 0) is 24.3 Å². The zero-order chi connectivity index (χ0) is 22.8. The number of fused-ring (bicyclic) bond motifs is 1. The van der Waals surface area contributed by atoms with Crippen LogP contribution in [-0.4, -0.2) is 25.7 Å². The molecule has 2 aromatic heterocycles. The molecule has 0 saturated heterocycles. The molecule has 0 fully saturated rings. The topological polar surface area (TPSA) is 132 Å². The Balaban J connectivity index is 1.84. The van der Waals surface area contributed by atoms with Gasteiger partial charge < -0.3 is 0 Å². The first-order valence-electron chi connectivity index (χ1n) is 9.04. The average molecular weight is 470 g/mol. The molecule has 0 unspecified atom stereocenters. The summed E-state index contributed by atoms with van der Waals surface area (Å²) in [5.74, 6) is -0.697. The number of nitro groups is 2. The van der Waals surface area contributed by atoms with Crippen molar-refractivity contribution in [3.63, 3.8) is 0 Å². The Morgan fingerprint density at radius 3 is 2.34 bits per heavy atom. The highest BCUT2D eigenvalue weighted by Crippen LogP contribution is 2.34. The summed E-state index contributed by atoms with van der Waals surface area (Å²) < 4.78 is 0.733. The number of carbonyl (C=O) groups excluding carboxylic acids is 1. The van der Waals surface area contributed by atoms with Crippen molar-refractivity contribution in [2.24, 2.45) is 0 Å². The maximum Gasteiger partial charge on any atom is 0.277 e. The zero-order valence-corrected chi connectivity index (χ0v) is 17.6. The molecule has 0 atom stereocenters. The van der Waals surface area contributed by atoms with Crippen LogP contribution < -0.4 is 4.90 Å². The van der Waals surface area contributed by atoms with Crippen molar-refractivity contribution in [1.82, 2.24) is 9.97 Å². The molecule has 0 aliphatic carbocycles. The number of anilines is 1. The zero-order valence-electron chi connectivity index (χ0n) is 16.0. The van der Waals surface area contributed by atoms with E-state index in [1.165, 1.54) is 16.2 Å². The third-order valence-electron chi connectivity index (χ3n) is 4.45. The number of para-hydroxylation sites is 1. The summed E-state index contributed by atoms with van der Waals surface area (Å²) in [6, 6.07) is 13.2. The molecule has 0 bridgehead atoms. The van der Waals surface area contributed by atoms with Crippen LogP contribution in [0.1, 0.15) is 16.1 Å². The number of hydrogen-bond donors (Lipinski definition) is 0. The summed E-state index contributed by atoms with van der Waals surface area (Å²) in [6.45, 7) is -0.00635. The molecule has 12 heteroatoms. The third kappa shape index (κ3) is 4.24. The van der Waals surface area contributed by atoms with E-state index in [1.807, 2.05) is 0 Å². The first-order chi connectivity index (χ1) is 15.3. The second kappa shape index (κ2) is 8.65. The molecule has 0 aliphatic heterocycles. The second-order valence-electron chi connectivity index (χ2n) is 6.55. The monoisotopic (exact) mass is 469 g/mol. The highest BCUT2D eigenvalue weighted by molar-refractivity contribution is 7.22. The van der Waals surface area contributed by atoms with Crippen molar-refractivity contribution in [2.45, 2.75) is 6.54 Å². The van der Waals surface area contributed by atoms with Crippen molar-refractivity contribution in [3.05, 3.63) is 97.3 Å². The predicted octanol–water partition coefficient (Wildman–Crippen LogP) is 5.01. The van der Waals surface area contributed by atoms with E-state index in [4.69, 9.17) is 11.6 Å². The van der Waals surface area contributed by atoms with Crippen LogP contribution in [0, 0.1) is 20.2 Å². The number of pyridine rings is 1. The first-order valence-corrected chi connectivity index (χ1v) is 10.2. The van der Waals surface area contributed by atoms with Crippen LogP contribution in [-0.2, 0) is 6.54 Å². The van der Waals surface area contributed by atoms with Crippen molar-refractivity contribution >= 4 is 55.6 Å².